The predicted octanol–water partition coefficient (Wildman–Crippen LogP) is 3.34. The van der Waals surface area contributed by atoms with Gasteiger partial charge in [-0.25, -0.2) is 4.99 Å². The molecule has 0 unspecified atom stereocenters. The zero-order valence-corrected chi connectivity index (χ0v) is 16.4. The third-order valence-electron chi connectivity index (χ3n) is 3.06. The topological polar surface area (TPSA) is 65.9 Å². The number of guanidine groups is 1. The number of hydrogen-bond acceptors (Lipinski definition) is 4. The molecule has 1 aromatic heterocycles. The molecule has 23 heavy (non-hydrogen) atoms. The summed E-state index contributed by atoms with van der Waals surface area (Å²) in [6.07, 6.45) is 0. The normalized spacial score (nSPS) is 10.8. The highest BCUT2D eigenvalue weighted by molar-refractivity contribution is 14.0. The number of nitrogens with one attached hydrogen (secondary N) is 2. The highest BCUT2D eigenvalue weighted by atomic mass is 127. The fourth-order valence-corrected chi connectivity index (χ4v) is 2.59. The van der Waals surface area contributed by atoms with Crippen LogP contribution in [0.2, 0.25) is 0 Å². The van der Waals surface area contributed by atoms with Crippen molar-refractivity contribution in [1.82, 2.24) is 10.6 Å². The summed E-state index contributed by atoms with van der Waals surface area (Å²) in [6.45, 7) is 3.90. The summed E-state index contributed by atoms with van der Waals surface area (Å²) in [4.78, 5) is 5.75. The Bertz CT molecular complexity index is 618. The number of benzene rings is 1. The van der Waals surface area contributed by atoms with Crippen LogP contribution in [0.3, 0.4) is 0 Å². The lowest BCUT2D eigenvalue weighted by molar-refractivity contribution is 0.370. The van der Waals surface area contributed by atoms with E-state index in [4.69, 9.17) is 4.74 Å². The number of phenolic OH excluding ortho intramolecular Hbond substituents is 1. The Morgan fingerprint density at radius 3 is 2.74 bits per heavy atom. The van der Waals surface area contributed by atoms with Gasteiger partial charge >= 0.3 is 0 Å². The van der Waals surface area contributed by atoms with Crippen molar-refractivity contribution in [2.75, 3.05) is 13.7 Å². The Labute approximate surface area is 157 Å². The smallest absolute Gasteiger partial charge is 0.191 e. The van der Waals surface area contributed by atoms with E-state index in [-0.39, 0.29) is 29.7 Å². The first kappa shape index (κ1) is 19.6. The third-order valence-corrected chi connectivity index (χ3v) is 3.94. The molecule has 0 aliphatic heterocycles. The predicted molar refractivity (Wildman–Crippen MR) is 106 cm³/mol. The van der Waals surface area contributed by atoms with E-state index < -0.39 is 0 Å². The number of ether oxygens (including phenoxy) is 1. The molecule has 1 heterocycles. The van der Waals surface area contributed by atoms with E-state index in [0.29, 0.717) is 12.3 Å². The van der Waals surface area contributed by atoms with E-state index >= 15 is 0 Å². The van der Waals surface area contributed by atoms with Crippen LogP contribution >= 0.6 is 35.3 Å². The number of phenols is 1. The number of nitrogens with zero attached hydrogens (tertiary/aromatic N) is 1. The minimum absolute atomic E-state index is 0. The van der Waals surface area contributed by atoms with Gasteiger partial charge in [-0.05, 0) is 24.4 Å². The molecule has 3 N–H and O–H groups in total. The van der Waals surface area contributed by atoms with Gasteiger partial charge in [0.05, 0.1) is 20.2 Å². The van der Waals surface area contributed by atoms with Crippen molar-refractivity contribution in [2.24, 2.45) is 4.99 Å². The summed E-state index contributed by atoms with van der Waals surface area (Å²) in [7, 11) is 1.54. The monoisotopic (exact) mass is 447 g/mol. The van der Waals surface area contributed by atoms with Crippen LogP contribution in [-0.2, 0) is 13.1 Å². The second-order valence-electron chi connectivity index (χ2n) is 4.60. The molecule has 5 nitrogen and oxygen atoms in total. The summed E-state index contributed by atoms with van der Waals surface area (Å²) < 4.78 is 5.11. The van der Waals surface area contributed by atoms with Gasteiger partial charge < -0.3 is 20.5 Å². The molecule has 0 radical (unpaired) electrons. The first-order chi connectivity index (χ1) is 10.7. The fourth-order valence-electron chi connectivity index (χ4n) is 1.95. The average molecular weight is 447 g/mol. The number of rotatable bonds is 6. The van der Waals surface area contributed by atoms with Crippen LogP contribution in [0.1, 0.15) is 17.4 Å². The summed E-state index contributed by atoms with van der Waals surface area (Å²) in [5, 5.41) is 18.6. The van der Waals surface area contributed by atoms with Crippen molar-refractivity contribution >= 4 is 41.3 Å². The molecule has 2 rings (SSSR count). The Morgan fingerprint density at radius 2 is 2.09 bits per heavy atom. The van der Waals surface area contributed by atoms with Gasteiger partial charge in [0.1, 0.15) is 0 Å². The van der Waals surface area contributed by atoms with Crippen molar-refractivity contribution in [3.8, 4) is 11.5 Å². The first-order valence-corrected chi connectivity index (χ1v) is 8.02. The standard InChI is InChI=1S/C16H21N3O2S.HI/c1-3-17-16(19-11-13-7-5-9-22-13)18-10-12-6-4-8-14(21-2)15(12)20;/h4-9,20H,3,10-11H2,1-2H3,(H2,17,18,19);1H. The van der Waals surface area contributed by atoms with Gasteiger partial charge in [0, 0.05) is 17.0 Å². The van der Waals surface area contributed by atoms with Crippen LogP contribution in [0.25, 0.3) is 0 Å². The molecule has 0 bridgehead atoms. The number of aromatic hydroxyl groups is 1. The van der Waals surface area contributed by atoms with Crippen molar-refractivity contribution < 1.29 is 9.84 Å². The molecule has 0 fully saturated rings. The molecule has 0 saturated carbocycles. The van der Waals surface area contributed by atoms with Crippen molar-refractivity contribution in [3.63, 3.8) is 0 Å². The van der Waals surface area contributed by atoms with Gasteiger partial charge in [0.25, 0.3) is 0 Å². The second kappa shape index (κ2) is 10.3. The number of methoxy groups -OCH3 is 1. The molecular weight excluding hydrogens is 425 g/mol. The Balaban J connectivity index is 0.00000264. The highest BCUT2D eigenvalue weighted by Gasteiger charge is 2.07. The maximum Gasteiger partial charge on any atom is 0.191 e. The number of para-hydroxylation sites is 1. The van der Waals surface area contributed by atoms with Gasteiger partial charge in [0.15, 0.2) is 17.5 Å². The minimum atomic E-state index is 0. The van der Waals surface area contributed by atoms with Gasteiger partial charge in [-0.3, -0.25) is 0 Å². The molecule has 0 amide bonds. The van der Waals surface area contributed by atoms with E-state index in [1.54, 1.807) is 17.4 Å². The van der Waals surface area contributed by atoms with Gasteiger partial charge in [-0.2, -0.15) is 0 Å². The van der Waals surface area contributed by atoms with Crippen LogP contribution in [0, 0.1) is 0 Å². The molecule has 126 valence electrons. The lowest BCUT2D eigenvalue weighted by atomic mass is 10.2. The van der Waals surface area contributed by atoms with Crippen LogP contribution in [0.15, 0.2) is 40.7 Å². The summed E-state index contributed by atoms with van der Waals surface area (Å²) in [6, 6.07) is 9.51. The zero-order chi connectivity index (χ0) is 15.8. The van der Waals surface area contributed by atoms with Crippen molar-refractivity contribution in [3.05, 3.63) is 46.2 Å². The van der Waals surface area contributed by atoms with E-state index in [2.05, 4.69) is 27.1 Å². The Hall–Kier alpha value is -1.48. The number of thiophene rings is 1. The number of aliphatic imine (C=N–C) groups is 1. The molecule has 0 aliphatic carbocycles. The molecule has 0 saturated heterocycles. The maximum absolute atomic E-state index is 10.1. The lowest BCUT2D eigenvalue weighted by Crippen LogP contribution is -2.36. The number of halogens is 1. The average Bonchev–Trinajstić information content (AvgIpc) is 3.04. The maximum atomic E-state index is 10.1. The van der Waals surface area contributed by atoms with E-state index in [0.717, 1.165) is 24.6 Å². The summed E-state index contributed by atoms with van der Waals surface area (Å²) >= 11 is 1.70. The SMILES string of the molecule is CCNC(=NCc1cccc(OC)c1O)NCc1cccs1.I. The molecule has 2 aromatic rings. The molecule has 0 aliphatic rings. The van der Waals surface area contributed by atoms with Crippen molar-refractivity contribution in [2.45, 2.75) is 20.0 Å². The quantitative estimate of drug-likeness (QED) is 0.361. The van der Waals surface area contributed by atoms with E-state index in [1.807, 2.05) is 25.1 Å². The van der Waals surface area contributed by atoms with Gasteiger partial charge in [-0.1, -0.05) is 18.2 Å². The summed E-state index contributed by atoms with van der Waals surface area (Å²) in [5.41, 5.74) is 0.729. The molecule has 0 atom stereocenters. The van der Waals surface area contributed by atoms with Gasteiger partial charge in [-0.15, -0.1) is 35.3 Å². The van der Waals surface area contributed by atoms with Gasteiger partial charge in [0.2, 0.25) is 0 Å². The minimum Gasteiger partial charge on any atom is -0.504 e. The highest BCUT2D eigenvalue weighted by Crippen LogP contribution is 2.29. The Morgan fingerprint density at radius 1 is 1.26 bits per heavy atom. The van der Waals surface area contributed by atoms with Crippen LogP contribution in [-0.4, -0.2) is 24.7 Å². The molecular formula is C16H22IN3O2S. The van der Waals surface area contributed by atoms with Crippen LogP contribution < -0.4 is 15.4 Å². The Kier molecular flexibility index (Phi) is 8.78. The second-order valence-corrected chi connectivity index (χ2v) is 5.63. The van der Waals surface area contributed by atoms with Crippen LogP contribution in [0.4, 0.5) is 0 Å². The lowest BCUT2D eigenvalue weighted by Gasteiger charge is -2.11. The largest absolute Gasteiger partial charge is 0.504 e. The van der Waals surface area contributed by atoms with E-state index in [9.17, 15) is 5.11 Å². The molecule has 1 aromatic carbocycles. The summed E-state index contributed by atoms with van der Waals surface area (Å²) in [5.74, 6) is 1.32. The van der Waals surface area contributed by atoms with E-state index in [1.165, 1.54) is 12.0 Å². The molecule has 7 heteroatoms. The molecule has 0 spiro atoms. The zero-order valence-electron chi connectivity index (χ0n) is 13.2. The fraction of sp³-hybridized carbons (Fsp3) is 0.312. The van der Waals surface area contributed by atoms with Crippen molar-refractivity contribution in [1.29, 1.82) is 0 Å². The third kappa shape index (κ3) is 5.91. The first-order valence-electron chi connectivity index (χ1n) is 7.14. The van der Waals surface area contributed by atoms with Crippen LogP contribution in [0.5, 0.6) is 11.5 Å². The number of hydrogen-bond donors (Lipinski definition) is 3.